The highest BCUT2D eigenvalue weighted by molar-refractivity contribution is 4.77. The number of rotatable bonds is 4. The molecule has 3 nitrogen and oxygen atoms in total. The third-order valence-electron chi connectivity index (χ3n) is 1.73. The standard InChI is InChI=1S/C7H17NO2/c1-3-5(9)7(8)6(10)4-2/h5-7,9-10H,3-4,8H2,1-2H3/t5-,6?,7?/m1/s1. The molecule has 0 amide bonds. The monoisotopic (exact) mass is 147 g/mol. The van der Waals surface area contributed by atoms with E-state index in [-0.39, 0.29) is 0 Å². The molecule has 0 spiro atoms. The molecule has 3 atom stereocenters. The van der Waals surface area contributed by atoms with E-state index in [4.69, 9.17) is 15.9 Å². The highest BCUT2D eigenvalue weighted by Gasteiger charge is 2.19. The minimum atomic E-state index is -0.574. The summed E-state index contributed by atoms with van der Waals surface area (Å²) in [4.78, 5) is 0. The lowest BCUT2D eigenvalue weighted by atomic mass is 10.0. The Hall–Kier alpha value is -0.120. The Morgan fingerprint density at radius 3 is 1.60 bits per heavy atom. The minimum absolute atomic E-state index is 0.491. The maximum absolute atomic E-state index is 9.14. The van der Waals surface area contributed by atoms with Gasteiger partial charge in [0.1, 0.15) is 0 Å². The molecule has 2 unspecified atom stereocenters. The summed E-state index contributed by atoms with van der Waals surface area (Å²) >= 11 is 0. The second kappa shape index (κ2) is 4.66. The van der Waals surface area contributed by atoms with Crippen molar-refractivity contribution in [1.82, 2.24) is 0 Å². The van der Waals surface area contributed by atoms with E-state index >= 15 is 0 Å². The lowest BCUT2D eigenvalue weighted by Crippen LogP contribution is -2.44. The summed E-state index contributed by atoms with van der Waals surface area (Å²) < 4.78 is 0. The highest BCUT2D eigenvalue weighted by Crippen LogP contribution is 2.03. The van der Waals surface area contributed by atoms with Gasteiger partial charge in [0.25, 0.3) is 0 Å². The third kappa shape index (κ3) is 2.64. The van der Waals surface area contributed by atoms with Crippen molar-refractivity contribution < 1.29 is 10.2 Å². The number of hydrogen-bond donors (Lipinski definition) is 3. The van der Waals surface area contributed by atoms with Gasteiger partial charge in [-0.3, -0.25) is 0 Å². The Balaban J connectivity index is 3.69. The lowest BCUT2D eigenvalue weighted by molar-refractivity contribution is 0.0518. The molecule has 0 aromatic rings. The number of aliphatic hydroxyl groups excluding tert-OH is 2. The fourth-order valence-electron chi connectivity index (χ4n) is 0.801. The van der Waals surface area contributed by atoms with Gasteiger partial charge in [-0.1, -0.05) is 13.8 Å². The molecule has 0 aliphatic carbocycles. The number of nitrogens with two attached hydrogens (primary N) is 1. The van der Waals surface area contributed by atoms with Crippen molar-refractivity contribution >= 4 is 0 Å². The summed E-state index contributed by atoms with van der Waals surface area (Å²) in [6.07, 6.45) is 0.0427. The molecule has 3 heteroatoms. The topological polar surface area (TPSA) is 66.5 Å². The molecule has 10 heavy (non-hydrogen) atoms. The molecule has 0 bridgehead atoms. The molecule has 0 saturated carbocycles. The van der Waals surface area contributed by atoms with Crippen LogP contribution in [0.3, 0.4) is 0 Å². The van der Waals surface area contributed by atoms with Crippen molar-refractivity contribution in [3.05, 3.63) is 0 Å². The molecule has 0 heterocycles. The van der Waals surface area contributed by atoms with Crippen LogP contribution in [0.25, 0.3) is 0 Å². The largest absolute Gasteiger partial charge is 0.391 e. The Kier molecular flexibility index (Phi) is 4.60. The zero-order valence-corrected chi connectivity index (χ0v) is 6.62. The second-order valence-electron chi connectivity index (χ2n) is 2.53. The van der Waals surface area contributed by atoms with Crippen LogP contribution in [0.5, 0.6) is 0 Å². The number of hydrogen-bond acceptors (Lipinski definition) is 3. The molecule has 0 fully saturated rings. The zero-order valence-electron chi connectivity index (χ0n) is 6.62. The van der Waals surface area contributed by atoms with Gasteiger partial charge in [0, 0.05) is 0 Å². The number of aliphatic hydroxyl groups is 2. The normalized spacial score (nSPS) is 20.1. The van der Waals surface area contributed by atoms with E-state index < -0.39 is 18.2 Å². The third-order valence-corrected chi connectivity index (χ3v) is 1.73. The highest BCUT2D eigenvalue weighted by atomic mass is 16.3. The van der Waals surface area contributed by atoms with E-state index in [2.05, 4.69) is 0 Å². The van der Waals surface area contributed by atoms with Crippen LogP contribution in [0.1, 0.15) is 26.7 Å². The molecule has 0 saturated heterocycles. The van der Waals surface area contributed by atoms with Gasteiger partial charge >= 0.3 is 0 Å². The van der Waals surface area contributed by atoms with Crippen LogP contribution in [-0.2, 0) is 0 Å². The van der Waals surface area contributed by atoms with Crippen LogP contribution in [0, 0.1) is 0 Å². The summed E-state index contributed by atoms with van der Waals surface area (Å²) in [5.74, 6) is 0. The predicted octanol–water partition coefficient (Wildman–Crippen LogP) is -0.145. The SMILES string of the molecule is CCC(O)C(N)[C@H](O)CC. The summed E-state index contributed by atoms with van der Waals surface area (Å²) in [6.45, 7) is 3.68. The van der Waals surface area contributed by atoms with Crippen molar-refractivity contribution in [2.75, 3.05) is 0 Å². The molecular formula is C7H17NO2. The molecule has 62 valence electrons. The predicted molar refractivity (Wildman–Crippen MR) is 40.6 cm³/mol. The quantitative estimate of drug-likeness (QED) is 0.518. The van der Waals surface area contributed by atoms with E-state index in [0.29, 0.717) is 12.8 Å². The Morgan fingerprint density at radius 1 is 1.10 bits per heavy atom. The molecule has 0 aliphatic heterocycles. The maximum atomic E-state index is 9.14. The lowest BCUT2D eigenvalue weighted by Gasteiger charge is -2.21. The summed E-state index contributed by atoms with van der Waals surface area (Å²) in [5, 5.41) is 18.3. The first-order chi connectivity index (χ1) is 4.63. The van der Waals surface area contributed by atoms with E-state index in [1.54, 1.807) is 0 Å². The van der Waals surface area contributed by atoms with Crippen LogP contribution in [0.15, 0.2) is 0 Å². The van der Waals surface area contributed by atoms with Crippen molar-refractivity contribution in [2.24, 2.45) is 5.73 Å². The van der Waals surface area contributed by atoms with Crippen LogP contribution < -0.4 is 5.73 Å². The van der Waals surface area contributed by atoms with Crippen molar-refractivity contribution in [3.63, 3.8) is 0 Å². The first-order valence-electron chi connectivity index (χ1n) is 3.75. The molecule has 0 aromatic heterocycles. The van der Waals surface area contributed by atoms with Crippen LogP contribution in [-0.4, -0.2) is 28.5 Å². The van der Waals surface area contributed by atoms with Gasteiger partial charge in [-0.2, -0.15) is 0 Å². The van der Waals surface area contributed by atoms with E-state index in [9.17, 15) is 0 Å². The molecule has 4 N–H and O–H groups in total. The smallest absolute Gasteiger partial charge is 0.0713 e. The van der Waals surface area contributed by atoms with Crippen molar-refractivity contribution in [1.29, 1.82) is 0 Å². The molecule has 0 radical (unpaired) electrons. The zero-order chi connectivity index (χ0) is 8.15. The van der Waals surface area contributed by atoms with Crippen molar-refractivity contribution in [2.45, 2.75) is 44.9 Å². The molecule has 0 aliphatic rings. The fraction of sp³-hybridized carbons (Fsp3) is 1.00. The summed E-state index contributed by atoms with van der Waals surface area (Å²) in [5.41, 5.74) is 5.48. The van der Waals surface area contributed by atoms with Crippen LogP contribution >= 0.6 is 0 Å². The molecular weight excluding hydrogens is 130 g/mol. The summed E-state index contributed by atoms with van der Waals surface area (Å²) in [7, 11) is 0. The Bertz CT molecular complexity index is 77.7. The van der Waals surface area contributed by atoms with Crippen LogP contribution in [0.4, 0.5) is 0 Å². The maximum Gasteiger partial charge on any atom is 0.0713 e. The molecule has 0 rings (SSSR count). The average molecular weight is 147 g/mol. The van der Waals surface area contributed by atoms with Gasteiger partial charge in [0.05, 0.1) is 18.2 Å². The van der Waals surface area contributed by atoms with Gasteiger partial charge in [-0.25, -0.2) is 0 Å². The van der Waals surface area contributed by atoms with Crippen LogP contribution in [0.2, 0.25) is 0 Å². The fourth-order valence-corrected chi connectivity index (χ4v) is 0.801. The van der Waals surface area contributed by atoms with Gasteiger partial charge in [0.2, 0.25) is 0 Å². The average Bonchev–Trinajstić information content (AvgIpc) is 2.00. The van der Waals surface area contributed by atoms with E-state index in [1.807, 2.05) is 13.8 Å². The van der Waals surface area contributed by atoms with Crippen molar-refractivity contribution in [3.8, 4) is 0 Å². The van der Waals surface area contributed by atoms with E-state index in [0.717, 1.165) is 0 Å². The van der Waals surface area contributed by atoms with Gasteiger partial charge < -0.3 is 15.9 Å². The Morgan fingerprint density at radius 2 is 1.40 bits per heavy atom. The summed E-state index contributed by atoms with van der Waals surface area (Å²) in [6, 6.07) is -0.491. The van der Waals surface area contributed by atoms with Gasteiger partial charge in [0.15, 0.2) is 0 Å². The molecule has 0 aromatic carbocycles. The van der Waals surface area contributed by atoms with Gasteiger partial charge in [-0.15, -0.1) is 0 Å². The second-order valence-corrected chi connectivity index (χ2v) is 2.53. The van der Waals surface area contributed by atoms with E-state index in [1.165, 1.54) is 0 Å². The first kappa shape index (κ1) is 9.88. The first-order valence-corrected chi connectivity index (χ1v) is 3.75. The minimum Gasteiger partial charge on any atom is -0.391 e. The van der Waals surface area contributed by atoms with Gasteiger partial charge in [-0.05, 0) is 12.8 Å². The Labute approximate surface area is 61.9 Å².